The molecule has 6 heteroatoms. The van der Waals surface area contributed by atoms with E-state index in [0.29, 0.717) is 19.7 Å². The van der Waals surface area contributed by atoms with Crippen LogP contribution in [-0.4, -0.2) is 62.7 Å². The molecule has 2 amide bonds. The van der Waals surface area contributed by atoms with Crippen LogP contribution in [0, 0.1) is 0 Å². The number of nitrogens with one attached hydrogen (secondary N) is 2. The molecule has 1 unspecified atom stereocenters. The number of nitrogens with zero attached hydrogens (tertiary/aromatic N) is 1. The molecule has 1 heterocycles. The Morgan fingerprint density at radius 3 is 3.06 bits per heavy atom. The third-order valence-electron chi connectivity index (χ3n) is 2.97. The van der Waals surface area contributed by atoms with Gasteiger partial charge in [0.15, 0.2) is 0 Å². The molecule has 1 saturated heterocycles. The van der Waals surface area contributed by atoms with Crippen LogP contribution in [-0.2, 0) is 14.3 Å². The van der Waals surface area contributed by atoms with Gasteiger partial charge in [0.2, 0.25) is 11.8 Å². The summed E-state index contributed by atoms with van der Waals surface area (Å²) in [6.07, 6.45) is 1.54. The summed E-state index contributed by atoms with van der Waals surface area (Å²) in [5.41, 5.74) is 0. The summed E-state index contributed by atoms with van der Waals surface area (Å²) in [6, 6.07) is -0.139. The number of carbonyl (C=O) groups excluding carboxylic acids is 2. The molecule has 1 atom stereocenters. The molecule has 1 aliphatic rings. The first-order valence-corrected chi connectivity index (χ1v) is 6.46. The van der Waals surface area contributed by atoms with Crippen LogP contribution in [0.1, 0.15) is 19.8 Å². The van der Waals surface area contributed by atoms with Crippen molar-refractivity contribution in [3.8, 4) is 0 Å². The minimum Gasteiger partial charge on any atom is -0.385 e. The van der Waals surface area contributed by atoms with Gasteiger partial charge in [-0.2, -0.15) is 0 Å². The summed E-state index contributed by atoms with van der Waals surface area (Å²) in [5.74, 6) is -0.0769. The van der Waals surface area contributed by atoms with Crippen LogP contribution < -0.4 is 10.6 Å². The minimum absolute atomic E-state index is 0.0239. The van der Waals surface area contributed by atoms with Crippen LogP contribution in [0.2, 0.25) is 0 Å². The summed E-state index contributed by atoms with van der Waals surface area (Å²) in [4.78, 5) is 25.2. The van der Waals surface area contributed by atoms with Crippen molar-refractivity contribution in [2.75, 3.05) is 39.9 Å². The van der Waals surface area contributed by atoms with E-state index in [1.54, 1.807) is 12.0 Å². The number of hydrogen-bond acceptors (Lipinski definition) is 4. The van der Waals surface area contributed by atoms with Crippen molar-refractivity contribution in [1.82, 2.24) is 15.5 Å². The van der Waals surface area contributed by atoms with Gasteiger partial charge in [-0.1, -0.05) is 6.92 Å². The topological polar surface area (TPSA) is 70.7 Å². The van der Waals surface area contributed by atoms with E-state index >= 15 is 0 Å². The SMILES string of the molecule is CCC1NCCN(CC(=O)NCCCOC)C1=O. The molecule has 0 radical (unpaired) electrons. The van der Waals surface area contributed by atoms with Gasteiger partial charge in [0.1, 0.15) is 0 Å². The molecular formula is C12H23N3O3. The van der Waals surface area contributed by atoms with E-state index in [0.717, 1.165) is 19.4 Å². The Balaban J connectivity index is 2.28. The van der Waals surface area contributed by atoms with E-state index in [-0.39, 0.29) is 24.4 Å². The van der Waals surface area contributed by atoms with Crippen LogP contribution in [0.15, 0.2) is 0 Å². The van der Waals surface area contributed by atoms with Crippen molar-refractivity contribution in [2.45, 2.75) is 25.8 Å². The molecule has 0 saturated carbocycles. The number of piperazine rings is 1. The third-order valence-corrected chi connectivity index (χ3v) is 2.97. The summed E-state index contributed by atoms with van der Waals surface area (Å²) in [6.45, 7) is 4.69. The first-order chi connectivity index (χ1) is 8.69. The largest absolute Gasteiger partial charge is 0.385 e. The molecular weight excluding hydrogens is 234 g/mol. The van der Waals surface area contributed by atoms with Crippen molar-refractivity contribution in [3.63, 3.8) is 0 Å². The summed E-state index contributed by atoms with van der Waals surface area (Å²) in [5, 5.41) is 5.93. The Morgan fingerprint density at radius 2 is 2.39 bits per heavy atom. The summed E-state index contributed by atoms with van der Waals surface area (Å²) < 4.78 is 4.90. The quantitative estimate of drug-likeness (QED) is 0.595. The fourth-order valence-corrected chi connectivity index (χ4v) is 1.94. The van der Waals surface area contributed by atoms with E-state index < -0.39 is 0 Å². The Bertz CT molecular complexity index is 284. The molecule has 2 N–H and O–H groups in total. The lowest BCUT2D eigenvalue weighted by Gasteiger charge is -2.32. The lowest BCUT2D eigenvalue weighted by molar-refractivity contribution is -0.139. The van der Waals surface area contributed by atoms with Gasteiger partial charge in [-0.25, -0.2) is 0 Å². The zero-order chi connectivity index (χ0) is 13.4. The van der Waals surface area contributed by atoms with Gasteiger partial charge < -0.3 is 20.3 Å². The molecule has 0 aliphatic carbocycles. The highest BCUT2D eigenvalue weighted by Crippen LogP contribution is 2.04. The van der Waals surface area contributed by atoms with Gasteiger partial charge in [-0.05, 0) is 12.8 Å². The molecule has 0 aromatic rings. The number of methoxy groups -OCH3 is 1. The van der Waals surface area contributed by atoms with Gasteiger partial charge in [0, 0.05) is 33.4 Å². The molecule has 1 fully saturated rings. The molecule has 0 aromatic heterocycles. The van der Waals surface area contributed by atoms with Gasteiger partial charge >= 0.3 is 0 Å². The molecule has 104 valence electrons. The van der Waals surface area contributed by atoms with E-state index in [1.165, 1.54) is 0 Å². The van der Waals surface area contributed by atoms with Crippen molar-refractivity contribution in [1.29, 1.82) is 0 Å². The van der Waals surface area contributed by atoms with Gasteiger partial charge in [0.05, 0.1) is 12.6 Å². The van der Waals surface area contributed by atoms with Gasteiger partial charge in [0.25, 0.3) is 0 Å². The standard InChI is InChI=1S/C12H23N3O3/c1-3-10-12(17)15(7-6-13-10)9-11(16)14-5-4-8-18-2/h10,13H,3-9H2,1-2H3,(H,14,16). The molecule has 0 spiro atoms. The number of ether oxygens (including phenoxy) is 1. The lowest BCUT2D eigenvalue weighted by atomic mass is 10.1. The van der Waals surface area contributed by atoms with E-state index in [9.17, 15) is 9.59 Å². The van der Waals surface area contributed by atoms with Crippen molar-refractivity contribution in [2.24, 2.45) is 0 Å². The maximum atomic E-state index is 11.9. The van der Waals surface area contributed by atoms with Crippen LogP contribution >= 0.6 is 0 Å². The highest BCUT2D eigenvalue weighted by molar-refractivity contribution is 5.88. The molecule has 1 rings (SSSR count). The fourth-order valence-electron chi connectivity index (χ4n) is 1.94. The van der Waals surface area contributed by atoms with Crippen molar-refractivity contribution < 1.29 is 14.3 Å². The smallest absolute Gasteiger partial charge is 0.240 e. The van der Waals surface area contributed by atoms with Gasteiger partial charge in [-0.3, -0.25) is 9.59 Å². The molecule has 1 aliphatic heterocycles. The summed E-state index contributed by atoms with van der Waals surface area (Å²) in [7, 11) is 1.63. The molecule has 18 heavy (non-hydrogen) atoms. The average molecular weight is 257 g/mol. The predicted molar refractivity (Wildman–Crippen MR) is 68.2 cm³/mol. The summed E-state index contributed by atoms with van der Waals surface area (Å²) >= 11 is 0. The zero-order valence-electron chi connectivity index (χ0n) is 11.2. The lowest BCUT2D eigenvalue weighted by Crippen LogP contribution is -2.56. The van der Waals surface area contributed by atoms with Crippen molar-refractivity contribution in [3.05, 3.63) is 0 Å². The Hall–Kier alpha value is -1.14. The number of amides is 2. The Morgan fingerprint density at radius 1 is 1.61 bits per heavy atom. The Kier molecular flexibility index (Phi) is 6.67. The van der Waals surface area contributed by atoms with Crippen LogP contribution in [0.5, 0.6) is 0 Å². The molecule has 0 bridgehead atoms. The average Bonchev–Trinajstić information content (AvgIpc) is 2.37. The monoisotopic (exact) mass is 257 g/mol. The third kappa shape index (κ3) is 4.62. The van der Waals surface area contributed by atoms with E-state index in [1.807, 2.05) is 6.92 Å². The number of hydrogen-bond donors (Lipinski definition) is 2. The van der Waals surface area contributed by atoms with E-state index in [2.05, 4.69) is 10.6 Å². The second-order valence-electron chi connectivity index (χ2n) is 4.37. The minimum atomic E-state index is -0.139. The second kappa shape index (κ2) is 8.05. The predicted octanol–water partition coefficient (Wildman–Crippen LogP) is -0.650. The van der Waals surface area contributed by atoms with Crippen LogP contribution in [0.4, 0.5) is 0 Å². The fraction of sp³-hybridized carbons (Fsp3) is 0.833. The Labute approximate surface area is 108 Å². The first-order valence-electron chi connectivity index (χ1n) is 6.46. The van der Waals surface area contributed by atoms with Crippen molar-refractivity contribution >= 4 is 11.8 Å². The van der Waals surface area contributed by atoms with Gasteiger partial charge in [-0.15, -0.1) is 0 Å². The maximum absolute atomic E-state index is 11.9. The second-order valence-corrected chi connectivity index (χ2v) is 4.37. The highest BCUT2D eigenvalue weighted by Gasteiger charge is 2.27. The number of rotatable bonds is 7. The van der Waals surface area contributed by atoms with Crippen LogP contribution in [0.3, 0.4) is 0 Å². The van der Waals surface area contributed by atoms with E-state index in [4.69, 9.17) is 4.74 Å². The van der Waals surface area contributed by atoms with Crippen LogP contribution in [0.25, 0.3) is 0 Å². The normalized spacial score (nSPS) is 20.0. The molecule has 0 aromatic carbocycles. The maximum Gasteiger partial charge on any atom is 0.240 e. The number of carbonyl (C=O) groups is 2. The molecule has 6 nitrogen and oxygen atoms in total. The first kappa shape index (κ1) is 14.9. The zero-order valence-corrected chi connectivity index (χ0v) is 11.2. The highest BCUT2D eigenvalue weighted by atomic mass is 16.5.